The highest BCUT2D eigenvalue weighted by atomic mass is 35.5. The fraction of sp³-hybridized carbons (Fsp3) is 0.118. The van der Waals surface area contributed by atoms with Crippen molar-refractivity contribution in [2.24, 2.45) is 10.2 Å². The minimum atomic E-state index is -0.390. The summed E-state index contributed by atoms with van der Waals surface area (Å²) in [6, 6.07) is 10.2. The Morgan fingerprint density at radius 2 is 1.69 bits per heavy atom. The van der Waals surface area contributed by atoms with Crippen molar-refractivity contribution in [3.05, 3.63) is 56.8 Å². The van der Waals surface area contributed by atoms with Crippen LogP contribution >= 0.6 is 23.2 Å². The number of ether oxygens (including phenoxy) is 2. The van der Waals surface area contributed by atoms with E-state index in [1.807, 2.05) is 6.07 Å². The van der Waals surface area contributed by atoms with Gasteiger partial charge in [-0.25, -0.2) is 0 Å². The largest absolute Gasteiger partial charge is 0.486 e. The van der Waals surface area contributed by atoms with Gasteiger partial charge in [0.15, 0.2) is 17.2 Å². The number of aromatic nitrogens is 2. The Bertz CT molecular complexity index is 1060. The van der Waals surface area contributed by atoms with Crippen LogP contribution in [0.15, 0.2) is 51.4 Å². The van der Waals surface area contributed by atoms with Crippen molar-refractivity contribution < 1.29 is 9.47 Å². The number of azo groups is 1. The number of hydrogen-bond acceptors (Lipinski definition) is 5. The average Bonchev–Trinajstić information content (AvgIpc) is 3.03. The third-order valence-electron chi connectivity index (χ3n) is 3.75. The van der Waals surface area contributed by atoms with Gasteiger partial charge in [0.1, 0.15) is 13.2 Å². The maximum Gasteiger partial charge on any atom is 0.292 e. The number of rotatable bonds is 3. The van der Waals surface area contributed by atoms with Crippen LogP contribution in [0.1, 0.15) is 0 Å². The lowest BCUT2D eigenvalue weighted by Gasteiger charge is -2.18. The van der Waals surface area contributed by atoms with E-state index in [0.717, 1.165) is 5.56 Å². The van der Waals surface area contributed by atoms with Gasteiger partial charge in [-0.15, -0.1) is 5.11 Å². The molecule has 0 amide bonds. The molecule has 1 aliphatic rings. The van der Waals surface area contributed by atoms with E-state index in [9.17, 15) is 4.79 Å². The molecule has 0 bridgehead atoms. The summed E-state index contributed by atoms with van der Waals surface area (Å²) in [4.78, 5) is 12.1. The lowest BCUT2D eigenvalue weighted by Crippen LogP contribution is -2.15. The van der Waals surface area contributed by atoms with E-state index in [4.69, 9.17) is 32.7 Å². The van der Waals surface area contributed by atoms with Crippen molar-refractivity contribution in [1.82, 2.24) is 10.2 Å². The van der Waals surface area contributed by atoms with Gasteiger partial charge in [0, 0.05) is 5.56 Å². The Morgan fingerprint density at radius 1 is 0.885 bits per heavy atom. The number of nitrogens with one attached hydrogen (secondary N) is 2. The number of aromatic amines is 2. The first-order valence-electron chi connectivity index (χ1n) is 7.69. The Morgan fingerprint density at radius 3 is 2.50 bits per heavy atom. The molecule has 0 saturated heterocycles. The molecule has 7 nitrogen and oxygen atoms in total. The highest BCUT2D eigenvalue weighted by Gasteiger charge is 2.16. The van der Waals surface area contributed by atoms with Crippen LogP contribution in [-0.4, -0.2) is 23.4 Å². The quantitative estimate of drug-likeness (QED) is 0.625. The van der Waals surface area contributed by atoms with E-state index in [-0.39, 0.29) is 5.69 Å². The molecule has 2 aromatic carbocycles. The van der Waals surface area contributed by atoms with Gasteiger partial charge in [0.05, 0.1) is 21.4 Å². The van der Waals surface area contributed by atoms with Gasteiger partial charge in [-0.05, 0) is 36.4 Å². The molecule has 2 N–H and O–H groups in total. The Kier molecular flexibility index (Phi) is 4.40. The molecule has 0 unspecified atom stereocenters. The number of halogens is 2. The van der Waals surface area contributed by atoms with Gasteiger partial charge >= 0.3 is 0 Å². The standard InChI is InChI=1S/C17H12Cl2N4O3/c18-11-3-2-10(8-12(11)19)20-22-16-15(21-23-17(16)24)9-1-4-13-14(7-9)26-6-5-25-13/h1-4,7-8H,5-6H2,(H2,21,23,24). The molecule has 26 heavy (non-hydrogen) atoms. The zero-order valence-electron chi connectivity index (χ0n) is 13.3. The average molecular weight is 391 g/mol. The predicted molar refractivity (Wildman–Crippen MR) is 98.5 cm³/mol. The molecule has 0 saturated carbocycles. The summed E-state index contributed by atoms with van der Waals surface area (Å²) >= 11 is 11.8. The summed E-state index contributed by atoms with van der Waals surface area (Å²) in [6.07, 6.45) is 0. The van der Waals surface area contributed by atoms with E-state index in [1.54, 1.807) is 30.3 Å². The van der Waals surface area contributed by atoms with Crippen LogP contribution in [0.25, 0.3) is 11.3 Å². The second kappa shape index (κ2) is 6.86. The summed E-state index contributed by atoms with van der Waals surface area (Å²) in [5, 5.41) is 14.3. The van der Waals surface area contributed by atoms with Gasteiger partial charge in [-0.3, -0.25) is 15.0 Å². The first-order chi connectivity index (χ1) is 12.6. The summed E-state index contributed by atoms with van der Waals surface area (Å²) < 4.78 is 11.1. The molecule has 9 heteroatoms. The van der Waals surface area contributed by atoms with Crippen LogP contribution in [-0.2, 0) is 0 Å². The van der Waals surface area contributed by atoms with Crippen LogP contribution in [0.2, 0.25) is 10.0 Å². The summed E-state index contributed by atoms with van der Waals surface area (Å²) in [7, 11) is 0. The normalized spacial score (nSPS) is 13.3. The first kappa shape index (κ1) is 16.7. The second-order valence-corrected chi connectivity index (χ2v) is 6.27. The Labute approximate surface area is 157 Å². The van der Waals surface area contributed by atoms with Crippen LogP contribution in [0.3, 0.4) is 0 Å². The minimum Gasteiger partial charge on any atom is -0.486 e. The molecule has 0 aliphatic carbocycles. The number of nitrogens with zero attached hydrogens (tertiary/aromatic N) is 2. The molecule has 0 spiro atoms. The fourth-order valence-corrected chi connectivity index (χ4v) is 2.80. The third kappa shape index (κ3) is 3.18. The zero-order chi connectivity index (χ0) is 18.1. The van der Waals surface area contributed by atoms with Crippen molar-refractivity contribution in [2.75, 3.05) is 13.2 Å². The molecule has 4 rings (SSSR count). The molecular formula is C17H12Cl2N4O3. The van der Waals surface area contributed by atoms with Gasteiger partial charge in [-0.2, -0.15) is 5.11 Å². The maximum atomic E-state index is 12.1. The van der Waals surface area contributed by atoms with Crippen molar-refractivity contribution in [1.29, 1.82) is 0 Å². The monoisotopic (exact) mass is 390 g/mol. The summed E-state index contributed by atoms with van der Waals surface area (Å²) in [6.45, 7) is 0.987. The highest BCUT2D eigenvalue weighted by Crippen LogP contribution is 2.36. The lowest BCUT2D eigenvalue weighted by molar-refractivity contribution is 0.171. The number of benzene rings is 2. The molecule has 0 radical (unpaired) electrons. The minimum absolute atomic E-state index is 0.146. The molecule has 1 aromatic heterocycles. The van der Waals surface area contributed by atoms with Crippen molar-refractivity contribution in [3.63, 3.8) is 0 Å². The molecule has 1 aliphatic heterocycles. The molecular weight excluding hydrogens is 379 g/mol. The molecule has 132 valence electrons. The van der Waals surface area contributed by atoms with Gasteiger partial charge in [0.25, 0.3) is 5.56 Å². The topological polar surface area (TPSA) is 91.8 Å². The van der Waals surface area contributed by atoms with Gasteiger partial charge in [0.2, 0.25) is 0 Å². The maximum absolute atomic E-state index is 12.1. The SMILES string of the molecule is O=c1[nH][nH]c(-c2ccc3c(c2)OCCO3)c1N=Nc1ccc(Cl)c(Cl)c1. The number of fused-ring (bicyclic) bond motifs is 1. The van der Waals surface area contributed by atoms with E-state index >= 15 is 0 Å². The highest BCUT2D eigenvalue weighted by molar-refractivity contribution is 6.42. The molecule has 2 heterocycles. The van der Waals surface area contributed by atoms with Crippen LogP contribution in [0.5, 0.6) is 11.5 Å². The van der Waals surface area contributed by atoms with Crippen molar-refractivity contribution in [2.45, 2.75) is 0 Å². The van der Waals surface area contributed by atoms with Crippen LogP contribution < -0.4 is 15.0 Å². The number of hydrogen-bond donors (Lipinski definition) is 2. The van der Waals surface area contributed by atoms with Crippen LogP contribution in [0.4, 0.5) is 11.4 Å². The lowest BCUT2D eigenvalue weighted by atomic mass is 10.1. The molecule has 3 aromatic rings. The Hall–Kier alpha value is -2.77. The second-order valence-electron chi connectivity index (χ2n) is 5.46. The van der Waals surface area contributed by atoms with E-state index in [0.29, 0.717) is 46.1 Å². The van der Waals surface area contributed by atoms with Crippen molar-refractivity contribution in [3.8, 4) is 22.8 Å². The van der Waals surface area contributed by atoms with E-state index in [2.05, 4.69) is 20.4 Å². The van der Waals surface area contributed by atoms with Crippen molar-refractivity contribution >= 4 is 34.6 Å². The molecule has 0 fully saturated rings. The zero-order valence-corrected chi connectivity index (χ0v) is 14.8. The first-order valence-corrected chi connectivity index (χ1v) is 8.45. The van der Waals surface area contributed by atoms with Gasteiger partial charge < -0.3 is 9.47 Å². The van der Waals surface area contributed by atoms with Gasteiger partial charge in [-0.1, -0.05) is 23.2 Å². The Balaban J connectivity index is 1.70. The summed E-state index contributed by atoms with van der Waals surface area (Å²) in [5.41, 5.74) is 1.45. The molecule has 0 atom stereocenters. The third-order valence-corrected chi connectivity index (χ3v) is 4.49. The predicted octanol–water partition coefficient (Wildman–Crippen LogP) is 4.86. The number of H-pyrrole nitrogens is 2. The van der Waals surface area contributed by atoms with Crippen LogP contribution in [0, 0.1) is 0 Å². The fourth-order valence-electron chi connectivity index (χ4n) is 2.51. The smallest absolute Gasteiger partial charge is 0.292 e. The van der Waals surface area contributed by atoms with E-state index in [1.165, 1.54) is 0 Å². The summed E-state index contributed by atoms with van der Waals surface area (Å²) in [5.74, 6) is 1.28. The van der Waals surface area contributed by atoms with E-state index < -0.39 is 5.56 Å².